The summed E-state index contributed by atoms with van der Waals surface area (Å²) in [5.74, 6) is -0.626. The van der Waals surface area contributed by atoms with Gasteiger partial charge in [0.25, 0.3) is 5.91 Å². The molecule has 1 aliphatic heterocycles. The van der Waals surface area contributed by atoms with Crippen molar-refractivity contribution in [2.24, 2.45) is 0 Å². The summed E-state index contributed by atoms with van der Waals surface area (Å²) < 4.78 is 11.2. The summed E-state index contributed by atoms with van der Waals surface area (Å²) in [6.45, 7) is 1.18. The maximum absolute atomic E-state index is 12.8. The summed E-state index contributed by atoms with van der Waals surface area (Å²) in [5.41, 5.74) is 0.567. The van der Waals surface area contributed by atoms with E-state index in [2.05, 4.69) is 21.2 Å². The molecule has 1 aromatic carbocycles. The van der Waals surface area contributed by atoms with Crippen LogP contribution in [0.15, 0.2) is 40.9 Å². The lowest BCUT2D eigenvalue weighted by molar-refractivity contribution is 0.0346. The number of rotatable bonds is 4. The molecule has 7 heteroatoms. The van der Waals surface area contributed by atoms with Gasteiger partial charge in [-0.1, -0.05) is 28.1 Å². The molecule has 1 amide bonds. The third-order valence-electron chi connectivity index (χ3n) is 4.29. The van der Waals surface area contributed by atoms with Gasteiger partial charge >= 0.3 is 5.97 Å². The van der Waals surface area contributed by atoms with Crippen molar-refractivity contribution in [1.82, 2.24) is 5.32 Å². The smallest absolute Gasteiger partial charge is 0.348 e. The van der Waals surface area contributed by atoms with Crippen LogP contribution in [0.5, 0.6) is 0 Å². The van der Waals surface area contributed by atoms with Crippen LogP contribution in [0.2, 0.25) is 0 Å². The molecule has 25 heavy (non-hydrogen) atoms. The molecule has 1 aromatic heterocycles. The number of hydrogen-bond acceptors (Lipinski definition) is 5. The van der Waals surface area contributed by atoms with E-state index in [0.29, 0.717) is 35.8 Å². The number of ether oxygens (including phenoxy) is 2. The number of nitrogens with one attached hydrogen (secondary N) is 1. The maximum atomic E-state index is 12.8. The van der Waals surface area contributed by atoms with Gasteiger partial charge in [0.2, 0.25) is 0 Å². The lowest BCUT2D eigenvalue weighted by Crippen LogP contribution is -2.49. The molecule has 1 fully saturated rings. The molecule has 0 spiro atoms. The Bertz CT molecular complexity index is 783. The first-order valence-corrected chi connectivity index (χ1v) is 9.49. The van der Waals surface area contributed by atoms with Crippen LogP contribution in [0.1, 0.15) is 37.7 Å². The first-order chi connectivity index (χ1) is 12.0. The van der Waals surface area contributed by atoms with E-state index in [9.17, 15) is 9.59 Å². The third-order valence-corrected chi connectivity index (χ3v) is 5.85. The number of carbonyl (C=O) groups is 2. The van der Waals surface area contributed by atoms with Crippen molar-refractivity contribution in [3.63, 3.8) is 0 Å². The van der Waals surface area contributed by atoms with Crippen molar-refractivity contribution in [1.29, 1.82) is 0 Å². The van der Waals surface area contributed by atoms with E-state index in [0.717, 1.165) is 21.4 Å². The molecule has 0 atom stereocenters. The van der Waals surface area contributed by atoms with Gasteiger partial charge in [0.15, 0.2) is 0 Å². The first-order valence-electron chi connectivity index (χ1n) is 7.88. The molecule has 5 nitrogen and oxygen atoms in total. The van der Waals surface area contributed by atoms with Crippen molar-refractivity contribution >= 4 is 39.1 Å². The van der Waals surface area contributed by atoms with Gasteiger partial charge in [-0.3, -0.25) is 4.79 Å². The van der Waals surface area contributed by atoms with Crippen LogP contribution in [0.4, 0.5) is 0 Å². The molecule has 2 aromatic rings. The number of benzene rings is 1. The molecule has 0 aliphatic carbocycles. The van der Waals surface area contributed by atoms with Gasteiger partial charge in [0.1, 0.15) is 4.88 Å². The normalized spacial score (nSPS) is 16.2. The summed E-state index contributed by atoms with van der Waals surface area (Å²) in [7, 11) is 1.33. The molecule has 0 saturated carbocycles. The van der Waals surface area contributed by atoms with E-state index in [1.54, 1.807) is 12.1 Å². The van der Waals surface area contributed by atoms with Crippen LogP contribution in [0.25, 0.3) is 0 Å². The van der Waals surface area contributed by atoms with Crippen LogP contribution in [0, 0.1) is 0 Å². The molecule has 1 saturated heterocycles. The molecule has 1 aliphatic rings. The molecule has 0 bridgehead atoms. The second-order valence-electron chi connectivity index (χ2n) is 5.81. The zero-order valence-corrected chi connectivity index (χ0v) is 16.1. The average molecular weight is 424 g/mol. The summed E-state index contributed by atoms with van der Waals surface area (Å²) in [5, 5.41) is 3.18. The van der Waals surface area contributed by atoms with Crippen LogP contribution in [-0.4, -0.2) is 32.2 Å². The minimum Gasteiger partial charge on any atom is -0.465 e. The Morgan fingerprint density at radius 1 is 1.20 bits per heavy atom. The van der Waals surface area contributed by atoms with Crippen LogP contribution >= 0.6 is 27.3 Å². The Labute approximate surface area is 158 Å². The van der Waals surface area contributed by atoms with Crippen molar-refractivity contribution in [2.75, 3.05) is 20.3 Å². The quantitative estimate of drug-likeness (QED) is 0.760. The highest BCUT2D eigenvalue weighted by Gasteiger charge is 2.36. The number of halogens is 1. The van der Waals surface area contributed by atoms with Gasteiger partial charge in [0.05, 0.1) is 17.5 Å². The zero-order valence-electron chi connectivity index (χ0n) is 13.7. The zero-order chi connectivity index (χ0) is 17.9. The molecule has 3 rings (SSSR count). The van der Waals surface area contributed by atoms with Crippen molar-refractivity contribution in [2.45, 2.75) is 18.4 Å². The Hall–Kier alpha value is -1.70. The van der Waals surface area contributed by atoms with Crippen molar-refractivity contribution in [3.8, 4) is 0 Å². The minimum atomic E-state index is -0.478. The van der Waals surface area contributed by atoms with E-state index in [1.165, 1.54) is 7.11 Å². The summed E-state index contributed by atoms with van der Waals surface area (Å²) in [6, 6.07) is 11.2. The predicted octanol–water partition coefficient (Wildman–Crippen LogP) is 3.73. The van der Waals surface area contributed by atoms with Crippen LogP contribution < -0.4 is 5.32 Å². The molecule has 0 radical (unpaired) electrons. The second kappa shape index (κ2) is 7.68. The highest BCUT2D eigenvalue weighted by atomic mass is 79.9. The number of amides is 1. The van der Waals surface area contributed by atoms with Crippen LogP contribution in [0.3, 0.4) is 0 Å². The number of hydrogen-bond donors (Lipinski definition) is 1. The summed E-state index contributed by atoms with van der Waals surface area (Å²) in [6.07, 6.45) is 1.40. The molecular formula is C18H18BrNO4S. The molecular weight excluding hydrogens is 406 g/mol. The average Bonchev–Trinajstić information content (AvgIpc) is 3.12. The van der Waals surface area contributed by atoms with E-state index in [4.69, 9.17) is 9.47 Å². The van der Waals surface area contributed by atoms with Gasteiger partial charge < -0.3 is 14.8 Å². The fraction of sp³-hybridized carbons (Fsp3) is 0.333. The Morgan fingerprint density at radius 2 is 1.92 bits per heavy atom. The maximum Gasteiger partial charge on any atom is 0.348 e. The fourth-order valence-corrected chi connectivity index (χ4v) is 4.16. The van der Waals surface area contributed by atoms with Crippen LogP contribution in [-0.2, 0) is 15.0 Å². The Kier molecular flexibility index (Phi) is 5.56. The van der Waals surface area contributed by atoms with Gasteiger partial charge in [-0.05, 0) is 42.7 Å². The highest BCUT2D eigenvalue weighted by Crippen LogP contribution is 2.34. The number of carbonyl (C=O) groups excluding carboxylic acids is 2. The van der Waals surface area contributed by atoms with E-state index >= 15 is 0 Å². The molecule has 132 valence electrons. The standard InChI is InChI=1S/C18H18BrNO4S/c1-23-17(22)15-6-5-14(25-15)16(21)20-18(7-9-24-10-8-18)12-3-2-4-13(19)11-12/h2-6,11H,7-10H2,1H3,(H,20,21). The molecule has 0 unspecified atom stereocenters. The summed E-state index contributed by atoms with van der Waals surface area (Å²) >= 11 is 4.63. The topological polar surface area (TPSA) is 64.6 Å². The Balaban J connectivity index is 1.86. The number of esters is 1. The van der Waals surface area contributed by atoms with Crippen molar-refractivity contribution in [3.05, 3.63) is 56.2 Å². The molecule has 2 heterocycles. The van der Waals surface area contributed by atoms with E-state index < -0.39 is 11.5 Å². The number of methoxy groups -OCH3 is 1. The number of thiophene rings is 1. The fourth-order valence-electron chi connectivity index (χ4n) is 2.94. The summed E-state index contributed by atoms with van der Waals surface area (Å²) in [4.78, 5) is 25.3. The van der Waals surface area contributed by atoms with Gasteiger partial charge in [0, 0.05) is 17.7 Å². The lowest BCUT2D eigenvalue weighted by Gasteiger charge is -2.38. The van der Waals surface area contributed by atoms with Gasteiger partial charge in [-0.2, -0.15) is 0 Å². The van der Waals surface area contributed by atoms with E-state index in [1.807, 2.05) is 24.3 Å². The van der Waals surface area contributed by atoms with Crippen molar-refractivity contribution < 1.29 is 19.1 Å². The molecule has 1 N–H and O–H groups in total. The highest BCUT2D eigenvalue weighted by molar-refractivity contribution is 9.10. The lowest BCUT2D eigenvalue weighted by atomic mass is 9.82. The van der Waals surface area contributed by atoms with E-state index in [-0.39, 0.29) is 5.91 Å². The first kappa shape index (κ1) is 18.1. The Morgan fingerprint density at radius 3 is 2.60 bits per heavy atom. The minimum absolute atomic E-state index is 0.193. The third kappa shape index (κ3) is 3.94. The van der Waals surface area contributed by atoms with Gasteiger partial charge in [-0.15, -0.1) is 11.3 Å². The monoisotopic (exact) mass is 423 g/mol. The largest absolute Gasteiger partial charge is 0.465 e. The second-order valence-corrected chi connectivity index (χ2v) is 7.81. The van der Waals surface area contributed by atoms with Gasteiger partial charge in [-0.25, -0.2) is 4.79 Å². The predicted molar refractivity (Wildman–Crippen MR) is 99.0 cm³/mol. The SMILES string of the molecule is COC(=O)c1ccc(C(=O)NC2(c3cccc(Br)c3)CCOCC2)s1.